The van der Waals surface area contributed by atoms with Crippen LogP contribution in [-0.2, 0) is 6.42 Å². The number of hydrogen-bond acceptors (Lipinski definition) is 6. The molecule has 0 saturated heterocycles. The van der Waals surface area contributed by atoms with Gasteiger partial charge in [-0.1, -0.05) is 5.16 Å². The molecule has 2 aromatic heterocycles. The Bertz CT molecular complexity index is 654. The van der Waals surface area contributed by atoms with Crippen molar-refractivity contribution in [1.82, 2.24) is 9.97 Å². The van der Waals surface area contributed by atoms with Crippen LogP contribution in [0.5, 0.6) is 0 Å². The van der Waals surface area contributed by atoms with Gasteiger partial charge in [-0.2, -0.15) is 0 Å². The third-order valence-electron chi connectivity index (χ3n) is 3.58. The van der Waals surface area contributed by atoms with Crippen LogP contribution in [0.1, 0.15) is 29.1 Å². The molecule has 0 aromatic carbocycles. The predicted octanol–water partition coefficient (Wildman–Crippen LogP) is 1.76. The number of anilines is 1. The average Bonchev–Trinajstić information content (AvgIpc) is 2.96. The second-order valence-corrected chi connectivity index (χ2v) is 5.63. The lowest BCUT2D eigenvalue weighted by molar-refractivity contribution is 0.318. The molecule has 0 fully saturated rings. The third kappa shape index (κ3) is 2.00. The highest BCUT2D eigenvalue weighted by molar-refractivity contribution is 7.10. The summed E-state index contributed by atoms with van der Waals surface area (Å²) in [6.45, 7) is 2.98. The van der Waals surface area contributed by atoms with Crippen LogP contribution in [0.15, 0.2) is 29.0 Å². The molecule has 1 aliphatic rings. The van der Waals surface area contributed by atoms with Gasteiger partial charge in [-0.25, -0.2) is 9.97 Å². The molecule has 3 heterocycles. The molecule has 2 aromatic rings. The van der Waals surface area contributed by atoms with Crippen LogP contribution in [-0.4, -0.2) is 27.6 Å². The van der Waals surface area contributed by atoms with E-state index in [1.807, 2.05) is 0 Å². The van der Waals surface area contributed by atoms with E-state index in [1.165, 1.54) is 10.4 Å². The first-order valence-corrected chi connectivity index (χ1v) is 7.22. The lowest BCUT2D eigenvalue weighted by atomic mass is 10.0. The fraction of sp³-hybridized carbons (Fsp3) is 0.308. The minimum absolute atomic E-state index is 0.0172. The molecule has 0 amide bonds. The van der Waals surface area contributed by atoms with Crippen molar-refractivity contribution in [3.05, 3.63) is 40.0 Å². The first-order chi connectivity index (χ1) is 9.72. The van der Waals surface area contributed by atoms with Crippen LogP contribution in [0.25, 0.3) is 0 Å². The first kappa shape index (κ1) is 12.9. The van der Waals surface area contributed by atoms with Crippen molar-refractivity contribution in [1.29, 1.82) is 0 Å². The average molecular weight is 289 g/mol. The van der Waals surface area contributed by atoms with Crippen LogP contribution >= 0.6 is 11.3 Å². The van der Waals surface area contributed by atoms with Gasteiger partial charge < -0.3 is 15.8 Å². The second-order valence-electron chi connectivity index (χ2n) is 4.63. The molecule has 0 radical (unpaired) electrons. The van der Waals surface area contributed by atoms with Crippen LogP contribution in [0.3, 0.4) is 0 Å². The Morgan fingerprint density at radius 2 is 2.30 bits per heavy atom. The number of amidine groups is 1. The van der Waals surface area contributed by atoms with Crippen molar-refractivity contribution in [2.45, 2.75) is 19.4 Å². The van der Waals surface area contributed by atoms with Crippen molar-refractivity contribution in [2.75, 3.05) is 11.4 Å². The number of rotatable bonds is 2. The summed E-state index contributed by atoms with van der Waals surface area (Å²) in [5.74, 6) is 0.642. The standard InChI is InChI=1S/C13H15N5OS/c1-8-9-3-7-20-10(9)2-6-18(8)13-11(12(14)17-19)15-4-5-16-13/h3-5,7-8,19H,2,6H2,1H3,(H2,14,17). The van der Waals surface area contributed by atoms with Gasteiger partial charge in [-0.3, -0.25) is 0 Å². The fourth-order valence-electron chi connectivity index (χ4n) is 2.57. The van der Waals surface area contributed by atoms with Gasteiger partial charge in [0.25, 0.3) is 0 Å². The number of hydrogen-bond donors (Lipinski definition) is 2. The second kappa shape index (κ2) is 5.09. The van der Waals surface area contributed by atoms with Crippen molar-refractivity contribution in [3.8, 4) is 0 Å². The molecule has 6 nitrogen and oxygen atoms in total. The van der Waals surface area contributed by atoms with E-state index in [4.69, 9.17) is 10.9 Å². The number of fused-ring (bicyclic) bond motifs is 1. The van der Waals surface area contributed by atoms with Crippen molar-refractivity contribution < 1.29 is 5.21 Å². The molecule has 0 aliphatic carbocycles. The SMILES string of the molecule is CC1c2ccsc2CCN1c1nccnc1C(N)=NO. The minimum Gasteiger partial charge on any atom is -0.409 e. The lowest BCUT2D eigenvalue weighted by Crippen LogP contribution is -2.35. The van der Waals surface area contributed by atoms with E-state index in [-0.39, 0.29) is 11.9 Å². The van der Waals surface area contributed by atoms with Crippen LogP contribution in [0, 0.1) is 0 Å². The van der Waals surface area contributed by atoms with Gasteiger partial charge in [0.2, 0.25) is 0 Å². The number of nitrogens with zero attached hydrogens (tertiary/aromatic N) is 4. The summed E-state index contributed by atoms with van der Waals surface area (Å²) in [5.41, 5.74) is 7.43. The quantitative estimate of drug-likeness (QED) is 0.381. The summed E-state index contributed by atoms with van der Waals surface area (Å²) in [6, 6.07) is 2.35. The zero-order valence-corrected chi connectivity index (χ0v) is 11.8. The van der Waals surface area contributed by atoms with Gasteiger partial charge in [0.1, 0.15) is 0 Å². The molecule has 20 heavy (non-hydrogen) atoms. The molecule has 1 unspecified atom stereocenters. The Balaban J connectivity index is 2.03. The summed E-state index contributed by atoms with van der Waals surface area (Å²) in [7, 11) is 0. The Labute approximate surface area is 120 Å². The normalized spacial score (nSPS) is 18.9. The summed E-state index contributed by atoms with van der Waals surface area (Å²) in [4.78, 5) is 12.1. The van der Waals surface area contributed by atoms with E-state index in [0.717, 1.165) is 13.0 Å². The molecular formula is C13H15N5OS. The highest BCUT2D eigenvalue weighted by atomic mass is 32.1. The molecule has 0 saturated carbocycles. The molecule has 1 aliphatic heterocycles. The van der Waals surface area contributed by atoms with E-state index < -0.39 is 0 Å². The maximum Gasteiger partial charge on any atom is 0.192 e. The van der Waals surface area contributed by atoms with E-state index in [9.17, 15) is 0 Å². The van der Waals surface area contributed by atoms with E-state index in [1.54, 1.807) is 23.7 Å². The van der Waals surface area contributed by atoms with Crippen LogP contribution in [0.2, 0.25) is 0 Å². The zero-order valence-electron chi connectivity index (χ0n) is 11.0. The Kier molecular flexibility index (Phi) is 3.27. The van der Waals surface area contributed by atoms with Crippen LogP contribution in [0.4, 0.5) is 5.82 Å². The highest BCUT2D eigenvalue weighted by Crippen LogP contribution is 2.35. The predicted molar refractivity (Wildman–Crippen MR) is 78.3 cm³/mol. The monoisotopic (exact) mass is 289 g/mol. The zero-order chi connectivity index (χ0) is 14.1. The van der Waals surface area contributed by atoms with E-state index >= 15 is 0 Å². The smallest absolute Gasteiger partial charge is 0.192 e. The van der Waals surface area contributed by atoms with Crippen LogP contribution < -0.4 is 10.6 Å². The summed E-state index contributed by atoms with van der Waals surface area (Å²) in [6.07, 6.45) is 4.14. The molecule has 0 bridgehead atoms. The number of thiophene rings is 1. The Morgan fingerprint density at radius 1 is 1.50 bits per heavy atom. The fourth-order valence-corrected chi connectivity index (χ4v) is 3.53. The van der Waals surface area contributed by atoms with Gasteiger partial charge in [0.05, 0.1) is 6.04 Å². The molecular weight excluding hydrogens is 274 g/mol. The van der Waals surface area contributed by atoms with E-state index in [2.05, 4.69) is 38.4 Å². The van der Waals surface area contributed by atoms with Gasteiger partial charge in [0, 0.05) is 23.8 Å². The number of nitrogens with two attached hydrogens (primary N) is 1. The van der Waals surface area contributed by atoms with Gasteiger partial charge in [-0.15, -0.1) is 11.3 Å². The molecule has 3 N–H and O–H groups in total. The van der Waals surface area contributed by atoms with Crippen molar-refractivity contribution in [2.24, 2.45) is 10.9 Å². The maximum atomic E-state index is 8.88. The minimum atomic E-state index is -0.0172. The molecule has 3 rings (SSSR count). The van der Waals surface area contributed by atoms with Gasteiger partial charge in [0.15, 0.2) is 17.3 Å². The largest absolute Gasteiger partial charge is 0.409 e. The summed E-state index contributed by atoms with van der Waals surface area (Å²) >= 11 is 1.79. The maximum absolute atomic E-state index is 8.88. The molecule has 1 atom stereocenters. The summed E-state index contributed by atoms with van der Waals surface area (Å²) in [5, 5.41) is 14.0. The van der Waals surface area contributed by atoms with Gasteiger partial charge in [-0.05, 0) is 30.4 Å². The first-order valence-electron chi connectivity index (χ1n) is 6.34. The highest BCUT2D eigenvalue weighted by Gasteiger charge is 2.28. The Morgan fingerprint density at radius 3 is 3.10 bits per heavy atom. The number of aromatic nitrogens is 2. The van der Waals surface area contributed by atoms with Crippen molar-refractivity contribution >= 4 is 23.0 Å². The third-order valence-corrected chi connectivity index (χ3v) is 4.58. The van der Waals surface area contributed by atoms with E-state index in [0.29, 0.717) is 11.5 Å². The molecule has 104 valence electrons. The molecule has 0 spiro atoms. The van der Waals surface area contributed by atoms with Crippen molar-refractivity contribution in [3.63, 3.8) is 0 Å². The summed E-state index contributed by atoms with van der Waals surface area (Å²) < 4.78 is 0. The topological polar surface area (TPSA) is 87.6 Å². The lowest BCUT2D eigenvalue weighted by Gasteiger charge is -2.35. The molecule has 7 heteroatoms. The number of oxime groups is 1. The Hall–Kier alpha value is -2.15. The van der Waals surface area contributed by atoms with Gasteiger partial charge >= 0.3 is 0 Å².